The second kappa shape index (κ2) is 5.67. The number of thiophene rings is 1. The molecule has 2 rings (SSSR count). The van der Waals surface area contributed by atoms with Gasteiger partial charge in [-0.25, -0.2) is 8.42 Å². The van der Waals surface area contributed by atoms with Gasteiger partial charge >= 0.3 is 0 Å². The molecule has 0 bridgehead atoms. The van der Waals surface area contributed by atoms with Crippen LogP contribution in [0.25, 0.3) is 0 Å². The summed E-state index contributed by atoms with van der Waals surface area (Å²) in [5.74, 6) is -0.149. The van der Waals surface area contributed by atoms with Crippen molar-refractivity contribution in [2.45, 2.75) is 18.7 Å². The minimum atomic E-state index is -3.45. The maximum Gasteiger partial charge on any atom is 0.246 e. The average molecular weight is 314 g/mol. The van der Waals surface area contributed by atoms with Crippen LogP contribution in [0.1, 0.15) is 9.75 Å². The first-order valence-electron chi connectivity index (χ1n) is 6.35. The lowest BCUT2D eigenvalue weighted by atomic mass is 10.3. The predicted molar refractivity (Wildman–Crippen MR) is 79.3 cm³/mol. The molecule has 1 saturated heterocycles. The van der Waals surface area contributed by atoms with E-state index in [0.29, 0.717) is 31.1 Å². The monoisotopic (exact) mass is 314 g/mol. The topological polar surface area (TPSA) is 57.7 Å². The van der Waals surface area contributed by atoms with Crippen LogP contribution < -0.4 is 0 Å². The molecule has 1 aliphatic rings. The summed E-state index contributed by atoms with van der Waals surface area (Å²) >= 11 is 1.49. The molecular weight excluding hydrogens is 296 g/mol. The summed E-state index contributed by atoms with van der Waals surface area (Å²) in [6.07, 6.45) is 1.26. The van der Waals surface area contributed by atoms with E-state index >= 15 is 0 Å². The highest BCUT2D eigenvalue weighted by molar-refractivity contribution is 7.89. The molecule has 110 valence electrons. The minimum Gasteiger partial charge on any atom is -0.337 e. The van der Waals surface area contributed by atoms with Crippen LogP contribution in [0.5, 0.6) is 0 Å². The van der Waals surface area contributed by atoms with E-state index in [4.69, 9.17) is 0 Å². The molecule has 1 aromatic heterocycles. The summed E-state index contributed by atoms with van der Waals surface area (Å²) < 4.78 is 26.6. The van der Waals surface area contributed by atoms with E-state index in [2.05, 4.69) is 6.58 Å². The fourth-order valence-corrected chi connectivity index (χ4v) is 5.23. The van der Waals surface area contributed by atoms with Gasteiger partial charge in [-0.3, -0.25) is 4.79 Å². The quantitative estimate of drug-likeness (QED) is 0.792. The van der Waals surface area contributed by atoms with E-state index < -0.39 is 10.0 Å². The van der Waals surface area contributed by atoms with Crippen LogP contribution in [0.3, 0.4) is 0 Å². The number of hydrogen-bond acceptors (Lipinski definition) is 4. The van der Waals surface area contributed by atoms with Crippen molar-refractivity contribution >= 4 is 27.3 Å². The van der Waals surface area contributed by atoms with Crippen LogP contribution in [-0.4, -0.2) is 49.7 Å². The van der Waals surface area contributed by atoms with E-state index in [-0.39, 0.29) is 5.91 Å². The Morgan fingerprint density at radius 3 is 2.35 bits per heavy atom. The van der Waals surface area contributed by atoms with Gasteiger partial charge in [-0.1, -0.05) is 6.58 Å². The number of carbonyl (C=O) groups excluding carboxylic acids is 1. The lowest BCUT2D eigenvalue weighted by Crippen LogP contribution is -2.50. The van der Waals surface area contributed by atoms with Crippen LogP contribution in [0.15, 0.2) is 23.6 Å². The molecule has 1 aliphatic heterocycles. The molecule has 1 fully saturated rings. The summed E-state index contributed by atoms with van der Waals surface area (Å²) in [6.45, 7) is 8.64. The molecule has 0 N–H and O–H groups in total. The maximum atomic E-state index is 12.6. The largest absolute Gasteiger partial charge is 0.337 e. The lowest BCUT2D eigenvalue weighted by Gasteiger charge is -2.33. The van der Waals surface area contributed by atoms with Crippen molar-refractivity contribution in [1.82, 2.24) is 9.21 Å². The van der Waals surface area contributed by atoms with Gasteiger partial charge in [0.05, 0.1) is 4.90 Å². The van der Waals surface area contributed by atoms with Crippen molar-refractivity contribution in [3.05, 3.63) is 28.5 Å². The summed E-state index contributed by atoms with van der Waals surface area (Å²) in [6, 6.07) is 1.72. The molecule has 0 saturated carbocycles. The van der Waals surface area contributed by atoms with Crippen LogP contribution in [0.4, 0.5) is 0 Å². The molecule has 1 aromatic rings. The molecule has 20 heavy (non-hydrogen) atoms. The first-order chi connectivity index (χ1) is 9.36. The highest BCUT2D eigenvalue weighted by atomic mass is 32.2. The number of hydrogen-bond donors (Lipinski definition) is 0. The number of amides is 1. The molecule has 0 unspecified atom stereocenters. The number of piperazine rings is 1. The molecule has 0 atom stereocenters. The Labute approximate surface area is 123 Å². The van der Waals surface area contributed by atoms with Gasteiger partial charge in [0.15, 0.2) is 0 Å². The molecule has 1 amide bonds. The first-order valence-corrected chi connectivity index (χ1v) is 8.60. The zero-order chi connectivity index (χ0) is 14.9. The Hall–Kier alpha value is -1.18. The van der Waals surface area contributed by atoms with Gasteiger partial charge in [-0.2, -0.15) is 4.31 Å². The molecule has 0 spiro atoms. The maximum absolute atomic E-state index is 12.6. The summed E-state index contributed by atoms with van der Waals surface area (Å²) in [7, 11) is -3.45. The standard InChI is InChI=1S/C13H18N2O3S2/c1-4-13(16)14-5-7-15(8-6-14)20(17,18)12-9-10(2)19-11(12)3/h4,9H,1,5-8H2,2-3H3. The summed E-state index contributed by atoms with van der Waals surface area (Å²) in [5, 5.41) is 0. The zero-order valence-corrected chi connectivity index (χ0v) is 13.3. The van der Waals surface area contributed by atoms with E-state index in [1.165, 1.54) is 21.7 Å². The average Bonchev–Trinajstić information content (AvgIpc) is 2.77. The zero-order valence-electron chi connectivity index (χ0n) is 11.6. The second-order valence-corrected chi connectivity index (χ2v) is 8.08. The van der Waals surface area contributed by atoms with E-state index in [0.717, 1.165) is 9.75 Å². The second-order valence-electron chi connectivity index (χ2n) is 4.71. The highest BCUT2D eigenvalue weighted by Gasteiger charge is 2.31. The molecule has 0 aromatic carbocycles. The first kappa shape index (κ1) is 15.2. The molecule has 0 aliphatic carbocycles. The van der Waals surface area contributed by atoms with Gasteiger partial charge in [0.25, 0.3) is 0 Å². The SMILES string of the molecule is C=CC(=O)N1CCN(S(=O)(=O)c2cc(C)sc2C)CC1. The number of carbonyl (C=O) groups is 1. The van der Waals surface area contributed by atoms with Gasteiger partial charge in [-0.05, 0) is 26.0 Å². The smallest absolute Gasteiger partial charge is 0.246 e. The third-order valence-corrected chi connectivity index (χ3v) is 6.46. The van der Waals surface area contributed by atoms with Crippen LogP contribution in [0, 0.1) is 13.8 Å². The Bertz CT molecular complexity index is 626. The Kier molecular flexibility index (Phi) is 4.31. The minimum absolute atomic E-state index is 0.149. The lowest BCUT2D eigenvalue weighted by molar-refractivity contribution is -0.127. The van der Waals surface area contributed by atoms with Crippen molar-refractivity contribution in [3.8, 4) is 0 Å². The molecule has 0 radical (unpaired) electrons. The van der Waals surface area contributed by atoms with Gasteiger partial charge in [-0.15, -0.1) is 11.3 Å². The van der Waals surface area contributed by atoms with Gasteiger partial charge in [0, 0.05) is 35.9 Å². The highest BCUT2D eigenvalue weighted by Crippen LogP contribution is 2.28. The van der Waals surface area contributed by atoms with Crippen LogP contribution >= 0.6 is 11.3 Å². The Morgan fingerprint density at radius 1 is 1.30 bits per heavy atom. The van der Waals surface area contributed by atoms with Crippen LogP contribution in [0.2, 0.25) is 0 Å². The summed E-state index contributed by atoms with van der Waals surface area (Å²) in [5.41, 5.74) is 0. The molecule has 5 nitrogen and oxygen atoms in total. The molecule has 7 heteroatoms. The fraction of sp³-hybridized carbons (Fsp3) is 0.462. The van der Waals surface area contributed by atoms with Crippen molar-refractivity contribution < 1.29 is 13.2 Å². The number of rotatable bonds is 3. The Balaban J connectivity index is 2.15. The number of aryl methyl sites for hydroxylation is 2. The van der Waals surface area contributed by atoms with E-state index in [1.807, 2.05) is 13.8 Å². The molecular formula is C13H18N2O3S2. The Morgan fingerprint density at radius 2 is 1.90 bits per heavy atom. The van der Waals surface area contributed by atoms with Gasteiger partial charge in [0.1, 0.15) is 0 Å². The summed E-state index contributed by atoms with van der Waals surface area (Å²) in [4.78, 5) is 15.3. The van der Waals surface area contributed by atoms with E-state index in [1.54, 1.807) is 11.0 Å². The fourth-order valence-electron chi connectivity index (χ4n) is 2.28. The third-order valence-electron chi connectivity index (χ3n) is 3.34. The van der Waals surface area contributed by atoms with Crippen molar-refractivity contribution in [3.63, 3.8) is 0 Å². The van der Waals surface area contributed by atoms with Crippen LogP contribution in [-0.2, 0) is 14.8 Å². The van der Waals surface area contributed by atoms with Gasteiger partial charge in [0.2, 0.25) is 15.9 Å². The van der Waals surface area contributed by atoms with Crippen molar-refractivity contribution in [2.24, 2.45) is 0 Å². The van der Waals surface area contributed by atoms with Crippen molar-refractivity contribution in [1.29, 1.82) is 0 Å². The van der Waals surface area contributed by atoms with Crippen molar-refractivity contribution in [2.75, 3.05) is 26.2 Å². The number of nitrogens with zero attached hydrogens (tertiary/aromatic N) is 2. The van der Waals surface area contributed by atoms with E-state index in [9.17, 15) is 13.2 Å². The predicted octanol–water partition coefficient (Wildman–Crippen LogP) is 1.38. The number of sulfonamides is 1. The third kappa shape index (κ3) is 2.79. The molecule has 2 heterocycles. The van der Waals surface area contributed by atoms with Gasteiger partial charge < -0.3 is 4.90 Å². The normalized spacial score (nSPS) is 17.2.